The highest BCUT2D eigenvalue weighted by Gasteiger charge is 2.34. The van der Waals surface area contributed by atoms with Crippen LogP contribution in [0.25, 0.3) is 0 Å². The molecule has 2 atom stereocenters. The minimum atomic E-state index is -0.0290. The molecule has 0 aliphatic heterocycles. The van der Waals surface area contributed by atoms with E-state index in [1.54, 1.807) is 0 Å². The van der Waals surface area contributed by atoms with Gasteiger partial charge in [0.05, 0.1) is 6.10 Å². The van der Waals surface area contributed by atoms with E-state index in [-0.39, 0.29) is 12.1 Å². The van der Waals surface area contributed by atoms with Crippen molar-refractivity contribution < 1.29 is 9.53 Å². The lowest BCUT2D eigenvalue weighted by molar-refractivity contribution is -0.147. The Kier molecular flexibility index (Phi) is 12.3. The smallest absolute Gasteiger partial charge is 0.306 e. The molecule has 0 heterocycles. The van der Waals surface area contributed by atoms with Crippen molar-refractivity contribution in [3.05, 3.63) is 0 Å². The number of hydrogen-bond donors (Lipinski definition) is 0. The molecule has 1 saturated carbocycles. The molecule has 0 aromatic heterocycles. The van der Waals surface area contributed by atoms with E-state index in [1.807, 2.05) is 13.8 Å². The lowest BCUT2D eigenvalue weighted by Gasteiger charge is -2.07. The summed E-state index contributed by atoms with van der Waals surface area (Å²) in [5.41, 5.74) is 0. The van der Waals surface area contributed by atoms with Gasteiger partial charge in [-0.05, 0) is 38.5 Å². The fourth-order valence-electron chi connectivity index (χ4n) is 3.73. The Morgan fingerprint density at radius 2 is 1.33 bits per heavy atom. The summed E-state index contributed by atoms with van der Waals surface area (Å²) in [4.78, 5) is 11.4. The van der Waals surface area contributed by atoms with Crippen molar-refractivity contribution >= 4 is 5.97 Å². The maximum atomic E-state index is 11.4. The summed E-state index contributed by atoms with van der Waals surface area (Å²) in [6, 6.07) is 0. The second-order valence-electron chi connectivity index (χ2n) is 8.16. The van der Waals surface area contributed by atoms with E-state index in [0.29, 0.717) is 6.42 Å². The Morgan fingerprint density at radius 1 is 0.833 bits per heavy atom. The molecule has 0 N–H and O–H groups in total. The first-order valence-corrected chi connectivity index (χ1v) is 10.8. The van der Waals surface area contributed by atoms with Gasteiger partial charge in [0, 0.05) is 6.42 Å². The average Bonchev–Trinajstić information content (AvgIpc) is 3.27. The van der Waals surface area contributed by atoms with Crippen LogP contribution in [0.1, 0.15) is 117 Å². The zero-order valence-electron chi connectivity index (χ0n) is 16.7. The van der Waals surface area contributed by atoms with Crippen LogP contribution in [-0.4, -0.2) is 12.1 Å². The molecule has 0 aromatic rings. The normalized spacial score (nSPS) is 19.7. The predicted molar refractivity (Wildman–Crippen MR) is 103 cm³/mol. The number of hydrogen-bond acceptors (Lipinski definition) is 2. The summed E-state index contributed by atoms with van der Waals surface area (Å²) in [6.45, 7) is 6.11. The number of unbranched alkanes of at least 4 members (excludes halogenated alkanes) is 9. The molecule has 0 bridgehead atoms. The lowest BCUT2D eigenvalue weighted by Crippen LogP contribution is -2.10. The summed E-state index contributed by atoms with van der Waals surface area (Å²) in [5.74, 6) is 2.14. The van der Waals surface area contributed by atoms with E-state index in [2.05, 4.69) is 6.92 Å². The Hall–Kier alpha value is -0.530. The Balaban J connectivity index is 1.76. The van der Waals surface area contributed by atoms with Crippen molar-refractivity contribution in [3.8, 4) is 0 Å². The fraction of sp³-hybridized carbons (Fsp3) is 0.955. The second kappa shape index (κ2) is 13.7. The molecule has 24 heavy (non-hydrogen) atoms. The van der Waals surface area contributed by atoms with Crippen LogP contribution in [0.5, 0.6) is 0 Å². The molecule has 2 nitrogen and oxygen atoms in total. The summed E-state index contributed by atoms with van der Waals surface area (Å²) >= 11 is 0. The third-order valence-electron chi connectivity index (χ3n) is 5.32. The van der Waals surface area contributed by atoms with Crippen LogP contribution in [0.3, 0.4) is 0 Å². The van der Waals surface area contributed by atoms with Gasteiger partial charge in [0.15, 0.2) is 0 Å². The highest BCUT2D eigenvalue weighted by Crippen LogP contribution is 2.45. The van der Waals surface area contributed by atoms with Gasteiger partial charge in [0.1, 0.15) is 0 Å². The van der Waals surface area contributed by atoms with Crippen LogP contribution < -0.4 is 0 Å². The molecule has 1 aliphatic carbocycles. The van der Waals surface area contributed by atoms with Crippen molar-refractivity contribution in [2.75, 3.05) is 0 Å². The van der Waals surface area contributed by atoms with Crippen molar-refractivity contribution in [1.29, 1.82) is 0 Å². The van der Waals surface area contributed by atoms with Crippen molar-refractivity contribution in [2.24, 2.45) is 11.8 Å². The standard InChI is InChI=1S/C22H42O2/c1-4-5-6-12-15-20-18-21(20)16-13-10-8-7-9-11-14-17-22(23)24-19(2)3/h19-21H,4-18H2,1-3H3. The minimum Gasteiger partial charge on any atom is -0.463 e. The van der Waals surface area contributed by atoms with E-state index in [1.165, 1.54) is 83.5 Å². The number of esters is 1. The van der Waals surface area contributed by atoms with Crippen LogP contribution in [0, 0.1) is 11.8 Å². The lowest BCUT2D eigenvalue weighted by atomic mass is 10.0. The Morgan fingerprint density at radius 3 is 1.88 bits per heavy atom. The molecule has 142 valence electrons. The van der Waals surface area contributed by atoms with E-state index in [0.717, 1.165) is 18.3 Å². The SMILES string of the molecule is CCCCCCC1CC1CCCCCCCCCC(=O)OC(C)C. The van der Waals surface area contributed by atoms with E-state index in [4.69, 9.17) is 4.74 Å². The molecular formula is C22H42O2. The molecule has 2 unspecified atom stereocenters. The van der Waals surface area contributed by atoms with E-state index < -0.39 is 0 Å². The molecule has 0 spiro atoms. The molecular weight excluding hydrogens is 296 g/mol. The van der Waals surface area contributed by atoms with Gasteiger partial charge in [-0.2, -0.15) is 0 Å². The van der Waals surface area contributed by atoms with Crippen molar-refractivity contribution in [1.82, 2.24) is 0 Å². The predicted octanol–water partition coefficient (Wildman–Crippen LogP) is 7.06. The largest absolute Gasteiger partial charge is 0.463 e. The average molecular weight is 339 g/mol. The number of carbonyl (C=O) groups is 1. The van der Waals surface area contributed by atoms with Gasteiger partial charge in [0.2, 0.25) is 0 Å². The van der Waals surface area contributed by atoms with Crippen molar-refractivity contribution in [3.63, 3.8) is 0 Å². The number of rotatable bonds is 16. The molecule has 0 saturated heterocycles. The Bertz CT molecular complexity index is 311. The fourth-order valence-corrected chi connectivity index (χ4v) is 3.73. The van der Waals surface area contributed by atoms with Crippen LogP contribution >= 0.6 is 0 Å². The summed E-state index contributed by atoms with van der Waals surface area (Å²) in [5, 5.41) is 0. The van der Waals surface area contributed by atoms with Gasteiger partial charge in [-0.3, -0.25) is 4.79 Å². The Labute approximate surface area is 151 Å². The van der Waals surface area contributed by atoms with Gasteiger partial charge in [0.25, 0.3) is 0 Å². The quantitative estimate of drug-likeness (QED) is 0.222. The van der Waals surface area contributed by atoms with Crippen LogP contribution in [-0.2, 0) is 9.53 Å². The maximum Gasteiger partial charge on any atom is 0.306 e. The molecule has 0 amide bonds. The van der Waals surface area contributed by atoms with Gasteiger partial charge < -0.3 is 4.74 Å². The van der Waals surface area contributed by atoms with Crippen LogP contribution in [0.2, 0.25) is 0 Å². The third kappa shape index (κ3) is 11.9. The number of carbonyl (C=O) groups excluding carboxylic acids is 1. The monoisotopic (exact) mass is 338 g/mol. The molecule has 0 aromatic carbocycles. The first-order chi connectivity index (χ1) is 11.6. The molecule has 1 rings (SSSR count). The van der Waals surface area contributed by atoms with Gasteiger partial charge in [-0.25, -0.2) is 0 Å². The number of ether oxygens (including phenoxy) is 1. The van der Waals surface area contributed by atoms with Crippen LogP contribution in [0.15, 0.2) is 0 Å². The summed E-state index contributed by atoms with van der Waals surface area (Å²) in [6.07, 6.45) is 19.9. The molecule has 0 radical (unpaired) electrons. The second-order valence-corrected chi connectivity index (χ2v) is 8.16. The van der Waals surface area contributed by atoms with Gasteiger partial charge in [-0.15, -0.1) is 0 Å². The zero-order chi connectivity index (χ0) is 17.6. The van der Waals surface area contributed by atoms with Gasteiger partial charge in [-0.1, -0.05) is 84.0 Å². The summed E-state index contributed by atoms with van der Waals surface area (Å²) in [7, 11) is 0. The van der Waals surface area contributed by atoms with Crippen molar-refractivity contribution in [2.45, 2.75) is 123 Å². The van der Waals surface area contributed by atoms with E-state index >= 15 is 0 Å². The first kappa shape index (κ1) is 21.5. The molecule has 2 heteroatoms. The van der Waals surface area contributed by atoms with Gasteiger partial charge >= 0.3 is 5.97 Å². The first-order valence-electron chi connectivity index (χ1n) is 10.8. The maximum absolute atomic E-state index is 11.4. The third-order valence-corrected chi connectivity index (χ3v) is 5.32. The topological polar surface area (TPSA) is 26.3 Å². The van der Waals surface area contributed by atoms with Crippen LogP contribution in [0.4, 0.5) is 0 Å². The molecule has 1 fully saturated rings. The zero-order valence-corrected chi connectivity index (χ0v) is 16.7. The minimum absolute atomic E-state index is 0.0277. The highest BCUT2D eigenvalue weighted by atomic mass is 16.5. The highest BCUT2D eigenvalue weighted by molar-refractivity contribution is 5.69. The molecule has 1 aliphatic rings. The summed E-state index contributed by atoms with van der Waals surface area (Å²) < 4.78 is 5.14. The van der Waals surface area contributed by atoms with E-state index in [9.17, 15) is 4.79 Å².